The van der Waals surface area contributed by atoms with E-state index in [2.05, 4.69) is 15.8 Å². The van der Waals surface area contributed by atoms with Crippen molar-refractivity contribution in [1.82, 2.24) is 5.16 Å². The molecule has 21 heavy (non-hydrogen) atoms. The van der Waals surface area contributed by atoms with Crippen LogP contribution in [0.15, 0.2) is 34.9 Å². The molecule has 2 N–H and O–H groups in total. The maximum atomic E-state index is 12.5. The third-order valence-corrected chi connectivity index (χ3v) is 2.53. The lowest BCUT2D eigenvalue weighted by Crippen LogP contribution is -2.21. The summed E-state index contributed by atoms with van der Waals surface area (Å²) >= 11 is 0. The van der Waals surface area contributed by atoms with Crippen LogP contribution in [0.4, 0.5) is 24.7 Å². The van der Waals surface area contributed by atoms with Gasteiger partial charge in [0, 0.05) is 11.8 Å². The Labute approximate surface area is 118 Å². The van der Waals surface area contributed by atoms with Crippen LogP contribution in [0, 0.1) is 6.92 Å². The number of aryl methyl sites for hydroxylation is 1. The molecule has 0 bridgehead atoms. The fourth-order valence-electron chi connectivity index (χ4n) is 1.59. The van der Waals surface area contributed by atoms with E-state index in [1.165, 1.54) is 18.2 Å². The van der Waals surface area contributed by atoms with Crippen molar-refractivity contribution in [2.24, 2.45) is 0 Å². The first-order valence-electron chi connectivity index (χ1n) is 5.99. The maximum absolute atomic E-state index is 12.5. The molecule has 0 aliphatic heterocycles. The Morgan fingerprint density at radius 2 is 2.10 bits per heavy atom. The summed E-state index contributed by atoms with van der Waals surface area (Å²) in [4.78, 5) is 11.6. The van der Waals surface area contributed by atoms with Gasteiger partial charge >= 0.3 is 6.18 Å². The highest BCUT2D eigenvalue weighted by Crippen LogP contribution is 2.30. The van der Waals surface area contributed by atoms with E-state index in [0.29, 0.717) is 5.69 Å². The fraction of sp³-hybridized carbons (Fsp3) is 0.231. The van der Waals surface area contributed by atoms with Gasteiger partial charge < -0.3 is 9.84 Å². The molecule has 8 heteroatoms. The quantitative estimate of drug-likeness (QED) is 0.910. The Hall–Kier alpha value is -2.51. The first kappa shape index (κ1) is 14.9. The number of aromatic nitrogens is 1. The van der Waals surface area contributed by atoms with E-state index in [1.54, 1.807) is 6.92 Å². The second-order valence-corrected chi connectivity index (χ2v) is 4.31. The summed E-state index contributed by atoms with van der Waals surface area (Å²) in [7, 11) is 0. The van der Waals surface area contributed by atoms with Crippen molar-refractivity contribution in [2.45, 2.75) is 13.1 Å². The van der Waals surface area contributed by atoms with Crippen LogP contribution in [0.2, 0.25) is 0 Å². The van der Waals surface area contributed by atoms with Crippen molar-refractivity contribution >= 4 is 17.5 Å². The largest absolute Gasteiger partial charge is 0.416 e. The highest BCUT2D eigenvalue weighted by molar-refractivity contribution is 5.92. The van der Waals surface area contributed by atoms with E-state index >= 15 is 0 Å². The predicted molar refractivity (Wildman–Crippen MR) is 69.8 cm³/mol. The molecule has 0 unspecified atom stereocenters. The smallest absolute Gasteiger partial charge is 0.376 e. The zero-order valence-corrected chi connectivity index (χ0v) is 11.0. The number of hydrogen-bond acceptors (Lipinski definition) is 4. The summed E-state index contributed by atoms with van der Waals surface area (Å²) in [5.41, 5.74) is 0.0311. The van der Waals surface area contributed by atoms with E-state index in [0.717, 1.165) is 12.1 Å². The summed E-state index contributed by atoms with van der Waals surface area (Å²) in [6.07, 6.45) is -4.42. The molecule has 2 aromatic rings. The van der Waals surface area contributed by atoms with Gasteiger partial charge in [0.05, 0.1) is 17.8 Å². The number of benzene rings is 1. The van der Waals surface area contributed by atoms with E-state index in [4.69, 9.17) is 4.52 Å². The van der Waals surface area contributed by atoms with Crippen molar-refractivity contribution in [1.29, 1.82) is 0 Å². The van der Waals surface area contributed by atoms with Gasteiger partial charge in [-0.15, -0.1) is 0 Å². The number of hydrogen-bond donors (Lipinski definition) is 2. The van der Waals surface area contributed by atoms with Crippen molar-refractivity contribution in [2.75, 3.05) is 17.2 Å². The molecule has 0 atom stereocenters. The van der Waals surface area contributed by atoms with Crippen LogP contribution >= 0.6 is 0 Å². The molecule has 0 radical (unpaired) electrons. The van der Waals surface area contributed by atoms with Crippen LogP contribution in [0.3, 0.4) is 0 Å². The third-order valence-electron chi connectivity index (χ3n) is 2.53. The highest BCUT2D eigenvalue weighted by atomic mass is 19.4. The van der Waals surface area contributed by atoms with Gasteiger partial charge in [-0.1, -0.05) is 11.2 Å². The van der Waals surface area contributed by atoms with Gasteiger partial charge in [-0.3, -0.25) is 10.1 Å². The minimum atomic E-state index is -4.42. The number of nitrogens with one attached hydrogen (secondary N) is 2. The van der Waals surface area contributed by atoms with Crippen molar-refractivity contribution in [3.63, 3.8) is 0 Å². The summed E-state index contributed by atoms with van der Waals surface area (Å²) < 4.78 is 42.4. The molecule has 5 nitrogen and oxygen atoms in total. The van der Waals surface area contributed by atoms with E-state index in [1.807, 2.05) is 0 Å². The lowest BCUT2D eigenvalue weighted by Gasteiger charge is -2.10. The monoisotopic (exact) mass is 299 g/mol. The van der Waals surface area contributed by atoms with Crippen LogP contribution in [0.25, 0.3) is 0 Å². The Kier molecular flexibility index (Phi) is 4.15. The van der Waals surface area contributed by atoms with Crippen molar-refractivity contribution < 1.29 is 22.5 Å². The lowest BCUT2D eigenvalue weighted by atomic mass is 10.2. The lowest BCUT2D eigenvalue weighted by molar-refractivity contribution is -0.137. The van der Waals surface area contributed by atoms with Crippen molar-refractivity contribution in [3.8, 4) is 0 Å². The van der Waals surface area contributed by atoms with E-state index < -0.39 is 17.6 Å². The molecule has 112 valence electrons. The Balaban J connectivity index is 1.92. The first-order chi connectivity index (χ1) is 9.84. The zero-order valence-electron chi connectivity index (χ0n) is 11.0. The molecule has 1 aromatic heterocycles. The van der Waals surface area contributed by atoms with E-state index in [-0.39, 0.29) is 18.1 Å². The number of nitrogens with zero attached hydrogens (tertiary/aromatic N) is 1. The second-order valence-electron chi connectivity index (χ2n) is 4.31. The normalized spacial score (nSPS) is 11.2. The van der Waals surface area contributed by atoms with Gasteiger partial charge in [0.2, 0.25) is 11.8 Å². The molecular formula is C13H12F3N3O2. The highest BCUT2D eigenvalue weighted by Gasteiger charge is 2.30. The van der Waals surface area contributed by atoms with Crippen LogP contribution in [-0.4, -0.2) is 17.6 Å². The number of carbonyl (C=O) groups excluding carboxylic acids is 1. The second kappa shape index (κ2) is 5.86. The fourth-order valence-corrected chi connectivity index (χ4v) is 1.59. The Morgan fingerprint density at radius 3 is 2.71 bits per heavy atom. The molecule has 0 fully saturated rings. The predicted octanol–water partition coefficient (Wildman–Crippen LogP) is 3.05. The molecule has 0 aliphatic rings. The maximum Gasteiger partial charge on any atom is 0.416 e. The van der Waals surface area contributed by atoms with Crippen LogP contribution < -0.4 is 10.6 Å². The topological polar surface area (TPSA) is 67.2 Å². The molecular weight excluding hydrogens is 287 g/mol. The molecule has 2 rings (SSSR count). The molecule has 0 aliphatic carbocycles. The van der Waals surface area contributed by atoms with Gasteiger partial charge in [-0.05, 0) is 25.1 Å². The number of carbonyl (C=O) groups is 1. The van der Waals surface area contributed by atoms with Crippen molar-refractivity contribution in [3.05, 3.63) is 41.6 Å². The molecule has 1 aromatic carbocycles. The number of alkyl halides is 3. The van der Waals surface area contributed by atoms with Gasteiger partial charge in [0.25, 0.3) is 0 Å². The van der Waals surface area contributed by atoms with Gasteiger partial charge in [-0.2, -0.15) is 13.2 Å². The average Bonchev–Trinajstić information content (AvgIpc) is 2.81. The SMILES string of the molecule is Cc1cc(NC(=O)CNc2cccc(C(F)(F)F)c2)on1. The average molecular weight is 299 g/mol. The molecule has 1 heterocycles. The minimum Gasteiger partial charge on any atom is -0.376 e. The summed E-state index contributed by atoms with van der Waals surface area (Å²) in [5, 5.41) is 8.63. The number of anilines is 2. The summed E-state index contributed by atoms with van der Waals surface area (Å²) in [6, 6.07) is 6.14. The summed E-state index contributed by atoms with van der Waals surface area (Å²) in [6.45, 7) is 1.50. The number of halogens is 3. The standard InChI is InChI=1S/C13H12F3N3O2/c1-8-5-12(21-19-8)18-11(20)7-17-10-4-2-3-9(6-10)13(14,15)16/h2-6,17H,7H2,1H3,(H,18,20). The number of amides is 1. The molecule has 0 saturated heterocycles. The molecule has 1 amide bonds. The summed E-state index contributed by atoms with van der Waals surface area (Å²) in [5.74, 6) is -0.271. The molecule has 0 spiro atoms. The zero-order chi connectivity index (χ0) is 15.5. The van der Waals surface area contributed by atoms with Gasteiger partial charge in [0.15, 0.2) is 0 Å². The van der Waals surface area contributed by atoms with Gasteiger partial charge in [0.1, 0.15) is 0 Å². The van der Waals surface area contributed by atoms with Crippen LogP contribution in [0.1, 0.15) is 11.3 Å². The first-order valence-corrected chi connectivity index (χ1v) is 5.99. The van der Waals surface area contributed by atoms with E-state index in [9.17, 15) is 18.0 Å². The minimum absolute atomic E-state index is 0.184. The van der Waals surface area contributed by atoms with Crippen LogP contribution in [-0.2, 0) is 11.0 Å². The third kappa shape index (κ3) is 4.23. The van der Waals surface area contributed by atoms with Crippen LogP contribution in [0.5, 0.6) is 0 Å². The molecule has 0 saturated carbocycles. The Morgan fingerprint density at radius 1 is 1.33 bits per heavy atom. The van der Waals surface area contributed by atoms with Gasteiger partial charge in [-0.25, -0.2) is 0 Å². The number of rotatable bonds is 4. The Bertz CT molecular complexity index is 638.